The molecule has 0 atom stereocenters. The van der Waals surface area contributed by atoms with Gasteiger partial charge in [0.15, 0.2) is 0 Å². The van der Waals surface area contributed by atoms with Crippen molar-refractivity contribution in [2.45, 2.75) is 6.42 Å². The number of nitrogens with one attached hydrogen (secondary N) is 1. The van der Waals surface area contributed by atoms with E-state index in [1.54, 1.807) is 29.2 Å². The highest BCUT2D eigenvalue weighted by Crippen LogP contribution is 2.36. The summed E-state index contributed by atoms with van der Waals surface area (Å²) in [6.07, 6.45) is 4.37. The fraction of sp³-hybridized carbons (Fsp3) is 0.242. The highest BCUT2D eigenvalue weighted by Gasteiger charge is 2.32. The molecule has 2 aliphatic heterocycles. The quantitative estimate of drug-likeness (QED) is 0.174. The lowest BCUT2D eigenvalue weighted by Gasteiger charge is -2.26. The van der Waals surface area contributed by atoms with Gasteiger partial charge in [-0.15, -0.1) is 0 Å². The molecule has 8 nitrogen and oxygen atoms in total. The largest absolute Gasteiger partial charge is 0.492 e. The van der Waals surface area contributed by atoms with Crippen LogP contribution in [0.4, 0.5) is 0 Å². The smallest absolute Gasteiger partial charge is 0.335 e. The van der Waals surface area contributed by atoms with Crippen LogP contribution in [-0.2, 0) is 16.0 Å². The van der Waals surface area contributed by atoms with E-state index < -0.39 is 5.97 Å². The highest BCUT2D eigenvalue weighted by atomic mass is 32.2. The molecule has 6 rings (SSSR count). The molecule has 2 saturated heterocycles. The summed E-state index contributed by atoms with van der Waals surface area (Å²) in [5, 5.41) is 10.3. The van der Waals surface area contributed by atoms with E-state index in [2.05, 4.69) is 34.1 Å². The van der Waals surface area contributed by atoms with Crippen LogP contribution in [0.25, 0.3) is 28.1 Å². The van der Waals surface area contributed by atoms with Crippen LogP contribution >= 0.6 is 24.0 Å². The van der Waals surface area contributed by atoms with Crippen molar-refractivity contribution in [1.82, 2.24) is 14.8 Å². The Bertz CT molecular complexity index is 1690. The predicted molar refractivity (Wildman–Crippen MR) is 173 cm³/mol. The Morgan fingerprint density at radius 2 is 1.79 bits per heavy atom. The van der Waals surface area contributed by atoms with Gasteiger partial charge in [0.25, 0.3) is 5.91 Å². The first kappa shape index (κ1) is 29.1. The fourth-order valence-corrected chi connectivity index (χ4v) is 6.50. The number of ether oxygens (including phenoxy) is 2. The monoisotopic (exact) mass is 613 g/mol. The number of thioether (sulfide) groups is 1. The van der Waals surface area contributed by atoms with Crippen LogP contribution in [0.2, 0.25) is 0 Å². The zero-order chi connectivity index (χ0) is 29.8. The van der Waals surface area contributed by atoms with Gasteiger partial charge in [-0.3, -0.25) is 14.6 Å². The van der Waals surface area contributed by atoms with Crippen molar-refractivity contribution in [3.8, 4) is 16.9 Å². The molecule has 0 spiro atoms. The van der Waals surface area contributed by atoms with Gasteiger partial charge >= 0.3 is 5.97 Å². The van der Waals surface area contributed by atoms with Gasteiger partial charge in [-0.25, -0.2) is 4.79 Å². The summed E-state index contributed by atoms with van der Waals surface area (Å²) in [5.41, 5.74) is 5.12. The van der Waals surface area contributed by atoms with Gasteiger partial charge in [0.2, 0.25) is 0 Å². The molecule has 0 bridgehead atoms. The molecule has 2 N–H and O–H groups in total. The number of rotatable bonds is 10. The third-order valence-electron chi connectivity index (χ3n) is 7.65. The molecule has 1 aromatic heterocycles. The van der Waals surface area contributed by atoms with Crippen LogP contribution in [0.3, 0.4) is 0 Å². The van der Waals surface area contributed by atoms with Gasteiger partial charge in [-0.2, -0.15) is 0 Å². The van der Waals surface area contributed by atoms with Crippen molar-refractivity contribution in [3.05, 3.63) is 94.5 Å². The number of nitrogens with zero attached hydrogens (tertiary/aromatic N) is 2. The Hall–Kier alpha value is -3.96. The van der Waals surface area contributed by atoms with Gasteiger partial charge in [-0.05, 0) is 71.0 Å². The van der Waals surface area contributed by atoms with E-state index in [1.165, 1.54) is 11.8 Å². The first-order valence-electron chi connectivity index (χ1n) is 14.2. The van der Waals surface area contributed by atoms with E-state index in [4.69, 9.17) is 26.8 Å². The van der Waals surface area contributed by atoms with E-state index in [-0.39, 0.29) is 11.5 Å². The zero-order valence-electron chi connectivity index (χ0n) is 23.5. The maximum Gasteiger partial charge on any atom is 0.335 e. The molecule has 0 unspecified atom stereocenters. The molecule has 2 aliphatic rings. The lowest BCUT2D eigenvalue weighted by Crippen LogP contribution is -2.38. The number of carbonyl (C=O) groups excluding carboxylic acids is 1. The molecular weight excluding hydrogens is 583 g/mol. The van der Waals surface area contributed by atoms with E-state index in [0.29, 0.717) is 34.5 Å². The normalized spacial score (nSPS) is 16.8. The van der Waals surface area contributed by atoms with E-state index in [0.717, 1.165) is 66.0 Å². The van der Waals surface area contributed by atoms with Crippen molar-refractivity contribution in [1.29, 1.82) is 0 Å². The lowest BCUT2D eigenvalue weighted by atomic mass is 10.0. The number of benzene rings is 3. The van der Waals surface area contributed by atoms with Crippen LogP contribution in [0.5, 0.6) is 5.75 Å². The number of hydrogen-bond acceptors (Lipinski definition) is 7. The second kappa shape index (κ2) is 13.1. The molecule has 0 aliphatic carbocycles. The number of carboxylic acid groups (broad SMARTS) is 1. The van der Waals surface area contributed by atoms with E-state index >= 15 is 0 Å². The van der Waals surface area contributed by atoms with E-state index in [9.17, 15) is 9.59 Å². The summed E-state index contributed by atoms with van der Waals surface area (Å²) in [7, 11) is 0. The number of aromatic amines is 1. The minimum Gasteiger partial charge on any atom is -0.492 e. The summed E-state index contributed by atoms with van der Waals surface area (Å²) < 4.78 is 12.2. The van der Waals surface area contributed by atoms with Crippen molar-refractivity contribution in [2.24, 2.45) is 0 Å². The second-order valence-electron chi connectivity index (χ2n) is 10.4. The van der Waals surface area contributed by atoms with Crippen LogP contribution in [0.15, 0.2) is 77.8 Å². The molecule has 2 fully saturated rings. The number of morpholine rings is 1. The topological polar surface area (TPSA) is 95.1 Å². The zero-order valence-corrected chi connectivity index (χ0v) is 25.1. The van der Waals surface area contributed by atoms with Crippen LogP contribution in [-0.4, -0.2) is 82.1 Å². The number of aromatic nitrogens is 1. The highest BCUT2D eigenvalue weighted by molar-refractivity contribution is 8.26. The van der Waals surface area contributed by atoms with E-state index in [1.807, 2.05) is 30.5 Å². The third-order valence-corrected chi connectivity index (χ3v) is 9.03. The Kier molecular flexibility index (Phi) is 8.90. The number of carbonyl (C=O) groups is 2. The molecule has 0 radical (unpaired) electrons. The third kappa shape index (κ3) is 6.83. The van der Waals surface area contributed by atoms with Crippen LogP contribution < -0.4 is 4.74 Å². The van der Waals surface area contributed by atoms with Crippen molar-refractivity contribution >= 4 is 57.2 Å². The van der Waals surface area contributed by atoms with Gasteiger partial charge < -0.3 is 19.6 Å². The summed E-state index contributed by atoms with van der Waals surface area (Å²) in [6.45, 7) is 4.99. The van der Waals surface area contributed by atoms with Gasteiger partial charge in [0.1, 0.15) is 16.7 Å². The number of hydrogen-bond donors (Lipinski definition) is 2. The standard InChI is InChI=1S/C33H31N3O5S2/c37-31-30(43-33(42)36(31)12-10-22-1-3-24(4-2-22)32(38)39)21-27-19-25(26-6-5-23-9-11-34-28(23)20-26)7-8-29(27)41-18-15-35-13-16-40-17-14-35/h1-9,11,19-21,34H,10,12-18H2,(H,38,39)/b30-21-. The maximum absolute atomic E-state index is 13.5. The lowest BCUT2D eigenvalue weighted by molar-refractivity contribution is -0.122. The number of amides is 1. The van der Waals surface area contributed by atoms with Crippen molar-refractivity contribution < 1.29 is 24.2 Å². The Morgan fingerprint density at radius 1 is 1.02 bits per heavy atom. The minimum absolute atomic E-state index is 0.144. The van der Waals surface area contributed by atoms with Crippen LogP contribution in [0, 0.1) is 0 Å². The van der Waals surface area contributed by atoms with Crippen molar-refractivity contribution in [2.75, 3.05) is 46.0 Å². The van der Waals surface area contributed by atoms with Crippen LogP contribution in [0.1, 0.15) is 21.5 Å². The maximum atomic E-state index is 13.5. The number of fused-ring (bicyclic) bond motifs is 1. The molecule has 3 aromatic carbocycles. The molecule has 0 saturated carbocycles. The molecule has 43 heavy (non-hydrogen) atoms. The summed E-state index contributed by atoms with van der Waals surface area (Å²) in [5.74, 6) is -0.400. The Balaban J connectivity index is 1.22. The first-order chi connectivity index (χ1) is 20.9. The SMILES string of the molecule is O=C(O)c1ccc(CCN2C(=O)/C(=C/c3cc(-c4ccc5cc[nH]c5c4)ccc3OCCN3CCOCC3)SC2=S)cc1. The average molecular weight is 614 g/mol. The Morgan fingerprint density at radius 3 is 2.58 bits per heavy atom. The number of thiocarbonyl (C=S) groups is 1. The summed E-state index contributed by atoms with van der Waals surface area (Å²) in [6, 6.07) is 21.1. The Labute approximate surface area is 259 Å². The molecule has 10 heteroatoms. The number of carboxylic acids is 1. The average Bonchev–Trinajstić information content (AvgIpc) is 3.60. The molecule has 1 amide bonds. The molecular formula is C33H31N3O5S2. The molecule has 3 heterocycles. The van der Waals surface area contributed by atoms with Gasteiger partial charge in [-0.1, -0.05) is 54.3 Å². The minimum atomic E-state index is -0.966. The van der Waals surface area contributed by atoms with Gasteiger partial charge in [0, 0.05) is 43.5 Å². The summed E-state index contributed by atoms with van der Waals surface area (Å²) in [4.78, 5) is 32.4. The molecule has 220 valence electrons. The van der Waals surface area contributed by atoms with Crippen molar-refractivity contribution in [3.63, 3.8) is 0 Å². The number of H-pyrrole nitrogens is 1. The first-order valence-corrected chi connectivity index (χ1v) is 15.4. The number of aromatic carboxylic acids is 1. The second-order valence-corrected chi connectivity index (χ2v) is 12.1. The fourth-order valence-electron chi connectivity index (χ4n) is 5.20. The summed E-state index contributed by atoms with van der Waals surface area (Å²) >= 11 is 6.88. The predicted octanol–water partition coefficient (Wildman–Crippen LogP) is 5.69. The molecule has 4 aromatic rings. The van der Waals surface area contributed by atoms with Gasteiger partial charge in [0.05, 0.1) is 23.7 Å².